The number of nitrogens with zero attached hydrogens (tertiary/aromatic N) is 2. The van der Waals surface area contributed by atoms with E-state index in [9.17, 15) is 0 Å². The van der Waals surface area contributed by atoms with E-state index in [4.69, 9.17) is 0 Å². The van der Waals surface area contributed by atoms with E-state index in [2.05, 4.69) is 59.2 Å². The summed E-state index contributed by atoms with van der Waals surface area (Å²) in [5.41, 5.74) is 2.54. The first-order valence-electron chi connectivity index (χ1n) is 6.51. The second-order valence-electron chi connectivity index (χ2n) is 4.61. The van der Waals surface area contributed by atoms with Crippen LogP contribution in [0.4, 0.5) is 0 Å². The van der Waals surface area contributed by atoms with Gasteiger partial charge in [0, 0.05) is 18.9 Å². The van der Waals surface area contributed by atoms with Gasteiger partial charge in [-0.1, -0.05) is 36.8 Å². The Morgan fingerprint density at radius 2 is 2.00 bits per heavy atom. The number of nitrogens with one attached hydrogen (secondary N) is 1. The molecular weight excluding hydrogens is 222 g/mol. The van der Waals surface area contributed by atoms with E-state index >= 15 is 0 Å². The molecule has 3 heteroatoms. The normalized spacial score (nSPS) is 12.6. The highest BCUT2D eigenvalue weighted by molar-refractivity contribution is 5.28. The summed E-state index contributed by atoms with van der Waals surface area (Å²) in [6, 6.07) is 8.79. The summed E-state index contributed by atoms with van der Waals surface area (Å²) >= 11 is 0. The predicted octanol–water partition coefficient (Wildman–Crippen LogP) is 2.91. The fourth-order valence-electron chi connectivity index (χ4n) is 2.21. The SMILES string of the molecule is CCCn1ccnc1C(NC)c1ccc(C)cc1. The van der Waals surface area contributed by atoms with Crippen molar-refractivity contribution in [1.82, 2.24) is 14.9 Å². The monoisotopic (exact) mass is 243 g/mol. The van der Waals surface area contributed by atoms with Crippen molar-refractivity contribution in [1.29, 1.82) is 0 Å². The third-order valence-electron chi connectivity index (χ3n) is 3.17. The topological polar surface area (TPSA) is 29.9 Å². The molecule has 18 heavy (non-hydrogen) atoms. The predicted molar refractivity (Wildman–Crippen MR) is 74.6 cm³/mol. The van der Waals surface area contributed by atoms with Crippen molar-refractivity contribution in [2.75, 3.05) is 7.05 Å². The van der Waals surface area contributed by atoms with Crippen molar-refractivity contribution < 1.29 is 0 Å². The van der Waals surface area contributed by atoms with Crippen LogP contribution in [-0.2, 0) is 6.54 Å². The Morgan fingerprint density at radius 1 is 1.28 bits per heavy atom. The zero-order chi connectivity index (χ0) is 13.0. The highest BCUT2D eigenvalue weighted by Crippen LogP contribution is 2.21. The van der Waals surface area contributed by atoms with Gasteiger partial charge < -0.3 is 9.88 Å². The molecule has 1 heterocycles. The van der Waals surface area contributed by atoms with E-state index in [-0.39, 0.29) is 6.04 Å². The summed E-state index contributed by atoms with van der Waals surface area (Å²) in [7, 11) is 1.98. The molecule has 2 aromatic rings. The number of hydrogen-bond acceptors (Lipinski definition) is 2. The molecule has 0 saturated heterocycles. The quantitative estimate of drug-likeness (QED) is 0.875. The van der Waals surface area contributed by atoms with Crippen LogP contribution in [0.3, 0.4) is 0 Å². The van der Waals surface area contributed by atoms with Gasteiger partial charge in [-0.25, -0.2) is 4.98 Å². The van der Waals surface area contributed by atoms with Gasteiger partial charge in [0.2, 0.25) is 0 Å². The van der Waals surface area contributed by atoms with Crippen molar-refractivity contribution in [2.24, 2.45) is 0 Å². The number of imidazole rings is 1. The maximum Gasteiger partial charge on any atom is 0.130 e. The number of aryl methyl sites for hydroxylation is 2. The highest BCUT2D eigenvalue weighted by Gasteiger charge is 2.16. The Labute approximate surface area is 109 Å². The molecule has 0 amide bonds. The summed E-state index contributed by atoms with van der Waals surface area (Å²) in [4.78, 5) is 4.51. The first-order chi connectivity index (χ1) is 8.76. The van der Waals surface area contributed by atoms with Crippen LogP contribution < -0.4 is 5.32 Å². The van der Waals surface area contributed by atoms with Gasteiger partial charge in [-0.05, 0) is 26.0 Å². The summed E-state index contributed by atoms with van der Waals surface area (Å²) in [5, 5.41) is 3.36. The fraction of sp³-hybridized carbons (Fsp3) is 0.400. The highest BCUT2D eigenvalue weighted by atomic mass is 15.1. The van der Waals surface area contributed by atoms with E-state index in [0.29, 0.717) is 0 Å². The molecule has 3 nitrogen and oxygen atoms in total. The minimum Gasteiger partial charge on any atom is -0.333 e. The smallest absolute Gasteiger partial charge is 0.130 e. The minimum absolute atomic E-state index is 0.159. The van der Waals surface area contributed by atoms with Crippen LogP contribution in [-0.4, -0.2) is 16.6 Å². The molecule has 0 bridgehead atoms. The van der Waals surface area contributed by atoms with Gasteiger partial charge in [0.1, 0.15) is 5.82 Å². The van der Waals surface area contributed by atoms with Crippen LogP contribution >= 0.6 is 0 Å². The molecule has 2 rings (SSSR count). The lowest BCUT2D eigenvalue weighted by atomic mass is 10.0. The molecule has 1 aromatic carbocycles. The maximum absolute atomic E-state index is 4.51. The first kappa shape index (κ1) is 12.8. The minimum atomic E-state index is 0.159. The Balaban J connectivity index is 2.32. The summed E-state index contributed by atoms with van der Waals surface area (Å²) < 4.78 is 2.22. The third kappa shape index (κ3) is 2.62. The van der Waals surface area contributed by atoms with Gasteiger partial charge in [0.25, 0.3) is 0 Å². The summed E-state index contributed by atoms with van der Waals surface area (Å²) in [5.74, 6) is 1.09. The lowest BCUT2D eigenvalue weighted by molar-refractivity contribution is 0.568. The molecule has 1 unspecified atom stereocenters. The molecule has 0 saturated carbocycles. The molecule has 0 spiro atoms. The van der Waals surface area contributed by atoms with Crippen LogP contribution in [0.1, 0.15) is 36.3 Å². The van der Waals surface area contributed by atoms with Gasteiger partial charge in [-0.3, -0.25) is 0 Å². The molecule has 1 atom stereocenters. The molecule has 1 N–H and O–H groups in total. The van der Waals surface area contributed by atoms with Crippen LogP contribution in [0.15, 0.2) is 36.7 Å². The molecule has 1 aromatic heterocycles. The number of benzene rings is 1. The van der Waals surface area contributed by atoms with Crippen LogP contribution in [0, 0.1) is 6.92 Å². The van der Waals surface area contributed by atoms with Crippen molar-refractivity contribution in [3.63, 3.8) is 0 Å². The Kier molecular flexibility index (Phi) is 4.15. The molecule has 0 aliphatic rings. The number of hydrogen-bond donors (Lipinski definition) is 1. The van der Waals surface area contributed by atoms with E-state index in [1.165, 1.54) is 11.1 Å². The Hall–Kier alpha value is -1.61. The molecule has 0 aliphatic heterocycles. The van der Waals surface area contributed by atoms with Crippen LogP contribution in [0.25, 0.3) is 0 Å². The molecule has 0 aliphatic carbocycles. The van der Waals surface area contributed by atoms with Crippen LogP contribution in [0.2, 0.25) is 0 Å². The van der Waals surface area contributed by atoms with Gasteiger partial charge in [0.15, 0.2) is 0 Å². The van der Waals surface area contributed by atoms with Gasteiger partial charge in [-0.2, -0.15) is 0 Å². The number of aromatic nitrogens is 2. The van der Waals surface area contributed by atoms with Crippen molar-refractivity contribution in [3.05, 3.63) is 53.6 Å². The average Bonchev–Trinajstić information content (AvgIpc) is 2.82. The van der Waals surface area contributed by atoms with Crippen molar-refractivity contribution >= 4 is 0 Å². The van der Waals surface area contributed by atoms with Crippen molar-refractivity contribution in [3.8, 4) is 0 Å². The standard InChI is InChI=1S/C15H21N3/c1-4-10-18-11-9-17-15(18)14(16-3)13-7-5-12(2)6-8-13/h5-9,11,14,16H,4,10H2,1-3H3. The fourth-order valence-corrected chi connectivity index (χ4v) is 2.21. The Bertz CT molecular complexity index is 485. The largest absolute Gasteiger partial charge is 0.333 e. The Morgan fingerprint density at radius 3 is 2.61 bits per heavy atom. The van der Waals surface area contributed by atoms with E-state index in [1.807, 2.05) is 13.2 Å². The summed E-state index contributed by atoms with van der Waals surface area (Å²) in [6.07, 6.45) is 5.05. The average molecular weight is 243 g/mol. The van der Waals surface area contributed by atoms with E-state index < -0.39 is 0 Å². The van der Waals surface area contributed by atoms with E-state index in [1.54, 1.807) is 0 Å². The molecule has 0 radical (unpaired) electrons. The lowest BCUT2D eigenvalue weighted by Crippen LogP contribution is -2.22. The summed E-state index contributed by atoms with van der Waals surface area (Å²) in [6.45, 7) is 5.31. The first-order valence-corrected chi connectivity index (χ1v) is 6.51. The second kappa shape index (κ2) is 5.83. The second-order valence-corrected chi connectivity index (χ2v) is 4.61. The third-order valence-corrected chi connectivity index (χ3v) is 3.17. The molecule has 0 fully saturated rings. The molecule has 96 valence electrons. The molecular formula is C15H21N3. The van der Waals surface area contributed by atoms with Crippen molar-refractivity contribution in [2.45, 2.75) is 32.9 Å². The maximum atomic E-state index is 4.51. The van der Waals surface area contributed by atoms with Gasteiger partial charge in [-0.15, -0.1) is 0 Å². The lowest BCUT2D eigenvalue weighted by Gasteiger charge is -2.18. The van der Waals surface area contributed by atoms with Crippen LogP contribution in [0.5, 0.6) is 0 Å². The zero-order valence-corrected chi connectivity index (χ0v) is 11.4. The van der Waals surface area contributed by atoms with E-state index in [0.717, 1.165) is 18.8 Å². The van der Waals surface area contributed by atoms with Gasteiger partial charge >= 0.3 is 0 Å². The van der Waals surface area contributed by atoms with Gasteiger partial charge in [0.05, 0.1) is 6.04 Å². The number of rotatable bonds is 5. The zero-order valence-electron chi connectivity index (χ0n) is 11.4.